The molecule has 18 heavy (non-hydrogen) atoms. The number of hydrogen-bond donors (Lipinski definition) is 1. The van der Waals surface area contributed by atoms with Gasteiger partial charge in [0.25, 0.3) is 0 Å². The first-order chi connectivity index (χ1) is 8.61. The van der Waals surface area contributed by atoms with Crippen LogP contribution in [0.15, 0.2) is 24.3 Å². The normalized spacial score (nSPS) is 13.3. The predicted molar refractivity (Wildman–Crippen MR) is 69.3 cm³/mol. The number of nitrogens with one attached hydrogen (secondary N) is 1. The molecule has 0 saturated heterocycles. The fourth-order valence-electron chi connectivity index (χ4n) is 2.25. The second-order valence-electron chi connectivity index (χ2n) is 4.54. The fraction of sp³-hybridized carbons (Fsp3) is 0.214. The van der Waals surface area contributed by atoms with E-state index in [0.29, 0.717) is 6.42 Å². The SMILES string of the molecule is Cc1cc(-c2ccc3c(c2)CC(=O)N3)nc(C)n1. The average molecular weight is 239 g/mol. The van der Waals surface area contributed by atoms with Crippen LogP contribution < -0.4 is 5.32 Å². The summed E-state index contributed by atoms with van der Waals surface area (Å²) >= 11 is 0. The minimum Gasteiger partial charge on any atom is -0.326 e. The number of aryl methyl sites for hydroxylation is 2. The third-order valence-corrected chi connectivity index (χ3v) is 2.99. The highest BCUT2D eigenvalue weighted by atomic mass is 16.1. The lowest BCUT2D eigenvalue weighted by Crippen LogP contribution is -2.03. The summed E-state index contributed by atoms with van der Waals surface area (Å²) in [6, 6.07) is 7.89. The third kappa shape index (κ3) is 1.86. The molecule has 0 bridgehead atoms. The van der Waals surface area contributed by atoms with Gasteiger partial charge in [-0.3, -0.25) is 4.79 Å². The number of aromatic nitrogens is 2. The molecule has 1 aromatic heterocycles. The molecule has 3 rings (SSSR count). The van der Waals surface area contributed by atoms with E-state index < -0.39 is 0 Å². The number of carbonyl (C=O) groups excluding carboxylic acids is 1. The molecule has 0 fully saturated rings. The number of hydrogen-bond acceptors (Lipinski definition) is 3. The van der Waals surface area contributed by atoms with Crippen molar-refractivity contribution < 1.29 is 4.79 Å². The van der Waals surface area contributed by atoms with Gasteiger partial charge >= 0.3 is 0 Å². The molecular formula is C14H13N3O. The van der Waals surface area contributed by atoms with Gasteiger partial charge in [-0.2, -0.15) is 0 Å². The van der Waals surface area contributed by atoms with Gasteiger partial charge in [0.2, 0.25) is 5.91 Å². The summed E-state index contributed by atoms with van der Waals surface area (Å²) in [6.45, 7) is 3.84. The lowest BCUT2D eigenvalue weighted by Gasteiger charge is -2.05. The van der Waals surface area contributed by atoms with Crippen molar-refractivity contribution >= 4 is 11.6 Å². The van der Waals surface area contributed by atoms with E-state index in [-0.39, 0.29) is 5.91 Å². The van der Waals surface area contributed by atoms with Crippen molar-refractivity contribution in [3.63, 3.8) is 0 Å². The Labute approximate surface area is 105 Å². The van der Waals surface area contributed by atoms with Gasteiger partial charge in [-0.25, -0.2) is 9.97 Å². The monoisotopic (exact) mass is 239 g/mol. The van der Waals surface area contributed by atoms with Gasteiger partial charge in [0, 0.05) is 16.9 Å². The molecule has 0 saturated carbocycles. The van der Waals surface area contributed by atoms with Crippen LogP contribution in [0, 0.1) is 13.8 Å². The fourth-order valence-corrected chi connectivity index (χ4v) is 2.25. The van der Waals surface area contributed by atoms with E-state index in [1.54, 1.807) is 0 Å². The van der Waals surface area contributed by atoms with Crippen LogP contribution in [-0.2, 0) is 11.2 Å². The molecule has 0 spiro atoms. The number of benzene rings is 1. The minimum absolute atomic E-state index is 0.0530. The number of amides is 1. The highest BCUT2D eigenvalue weighted by Gasteiger charge is 2.18. The molecule has 1 amide bonds. The van der Waals surface area contributed by atoms with E-state index in [1.165, 1.54) is 0 Å². The maximum absolute atomic E-state index is 11.3. The summed E-state index contributed by atoms with van der Waals surface area (Å²) in [5.74, 6) is 0.817. The Morgan fingerprint density at radius 1 is 1.17 bits per heavy atom. The predicted octanol–water partition coefficient (Wildman–Crippen LogP) is 2.26. The molecule has 90 valence electrons. The van der Waals surface area contributed by atoms with Gasteiger partial charge in [0.05, 0.1) is 12.1 Å². The number of anilines is 1. The standard InChI is InChI=1S/C14H13N3O/c1-8-5-13(16-9(2)15-8)10-3-4-12-11(6-10)7-14(18)17-12/h3-6H,7H2,1-2H3,(H,17,18). The highest BCUT2D eigenvalue weighted by molar-refractivity contribution is 5.99. The number of nitrogens with zero attached hydrogens (tertiary/aromatic N) is 2. The Balaban J connectivity index is 2.08. The maximum Gasteiger partial charge on any atom is 0.228 e. The first-order valence-electron chi connectivity index (χ1n) is 5.87. The van der Waals surface area contributed by atoms with Crippen LogP contribution >= 0.6 is 0 Å². The molecule has 4 heteroatoms. The molecule has 1 aliphatic heterocycles. The molecule has 1 aromatic carbocycles. The summed E-state index contributed by atoms with van der Waals surface area (Å²) in [5, 5.41) is 2.83. The van der Waals surface area contributed by atoms with Gasteiger partial charge in [-0.15, -0.1) is 0 Å². The van der Waals surface area contributed by atoms with Crippen LogP contribution in [0.25, 0.3) is 11.3 Å². The topological polar surface area (TPSA) is 54.9 Å². The molecule has 0 atom stereocenters. The Hall–Kier alpha value is -2.23. The van der Waals surface area contributed by atoms with Crippen LogP contribution in [0.1, 0.15) is 17.1 Å². The zero-order chi connectivity index (χ0) is 12.7. The van der Waals surface area contributed by atoms with Crippen molar-refractivity contribution in [2.45, 2.75) is 20.3 Å². The minimum atomic E-state index is 0.0530. The second-order valence-corrected chi connectivity index (χ2v) is 4.54. The van der Waals surface area contributed by atoms with Crippen molar-refractivity contribution in [1.29, 1.82) is 0 Å². The lowest BCUT2D eigenvalue weighted by atomic mass is 10.1. The Kier molecular flexibility index (Phi) is 2.37. The number of fused-ring (bicyclic) bond motifs is 1. The zero-order valence-corrected chi connectivity index (χ0v) is 10.3. The smallest absolute Gasteiger partial charge is 0.228 e. The average Bonchev–Trinajstić information content (AvgIpc) is 2.66. The maximum atomic E-state index is 11.3. The summed E-state index contributed by atoms with van der Waals surface area (Å²) in [7, 11) is 0. The molecule has 2 heterocycles. The van der Waals surface area contributed by atoms with Gasteiger partial charge in [0.1, 0.15) is 5.82 Å². The quantitative estimate of drug-likeness (QED) is 0.830. The number of rotatable bonds is 1. The van der Waals surface area contributed by atoms with E-state index in [0.717, 1.165) is 34.0 Å². The third-order valence-electron chi connectivity index (χ3n) is 2.99. The van der Waals surface area contributed by atoms with Gasteiger partial charge in [-0.1, -0.05) is 6.07 Å². The van der Waals surface area contributed by atoms with E-state index >= 15 is 0 Å². The van der Waals surface area contributed by atoms with E-state index in [1.807, 2.05) is 38.1 Å². The molecule has 4 nitrogen and oxygen atoms in total. The number of carbonyl (C=O) groups is 1. The summed E-state index contributed by atoms with van der Waals surface area (Å²) in [6.07, 6.45) is 0.451. The Morgan fingerprint density at radius 2 is 2.00 bits per heavy atom. The molecule has 0 radical (unpaired) electrons. The van der Waals surface area contributed by atoms with Crippen LogP contribution in [-0.4, -0.2) is 15.9 Å². The highest BCUT2D eigenvalue weighted by Crippen LogP contribution is 2.28. The van der Waals surface area contributed by atoms with Crippen molar-refractivity contribution in [1.82, 2.24) is 9.97 Å². The van der Waals surface area contributed by atoms with Crippen molar-refractivity contribution in [2.24, 2.45) is 0 Å². The Bertz CT molecular complexity index is 629. The Morgan fingerprint density at radius 3 is 2.78 bits per heavy atom. The van der Waals surface area contributed by atoms with Crippen molar-refractivity contribution in [3.05, 3.63) is 41.3 Å². The van der Waals surface area contributed by atoms with Gasteiger partial charge < -0.3 is 5.32 Å². The van der Waals surface area contributed by atoms with Gasteiger partial charge in [-0.05, 0) is 37.6 Å². The van der Waals surface area contributed by atoms with Crippen LogP contribution in [0.2, 0.25) is 0 Å². The van der Waals surface area contributed by atoms with Crippen LogP contribution in [0.4, 0.5) is 5.69 Å². The first-order valence-corrected chi connectivity index (χ1v) is 5.87. The zero-order valence-electron chi connectivity index (χ0n) is 10.3. The summed E-state index contributed by atoms with van der Waals surface area (Å²) in [5.41, 5.74) is 4.82. The summed E-state index contributed by atoms with van der Waals surface area (Å²) < 4.78 is 0. The van der Waals surface area contributed by atoms with E-state index in [2.05, 4.69) is 15.3 Å². The molecule has 0 aliphatic carbocycles. The second kappa shape index (κ2) is 3.91. The lowest BCUT2D eigenvalue weighted by molar-refractivity contribution is -0.115. The molecular weight excluding hydrogens is 226 g/mol. The molecule has 0 unspecified atom stereocenters. The first kappa shape index (κ1) is 10.9. The van der Waals surface area contributed by atoms with E-state index in [4.69, 9.17) is 0 Å². The molecule has 1 N–H and O–H groups in total. The summed E-state index contributed by atoms with van der Waals surface area (Å²) in [4.78, 5) is 20.0. The van der Waals surface area contributed by atoms with Crippen molar-refractivity contribution in [2.75, 3.05) is 5.32 Å². The molecule has 2 aromatic rings. The van der Waals surface area contributed by atoms with Gasteiger partial charge in [0.15, 0.2) is 0 Å². The van der Waals surface area contributed by atoms with Crippen molar-refractivity contribution in [3.8, 4) is 11.3 Å². The van der Waals surface area contributed by atoms with E-state index in [9.17, 15) is 4.79 Å². The van der Waals surface area contributed by atoms with Crippen LogP contribution in [0.3, 0.4) is 0 Å². The largest absolute Gasteiger partial charge is 0.326 e. The van der Waals surface area contributed by atoms with Crippen LogP contribution in [0.5, 0.6) is 0 Å². The molecule has 1 aliphatic rings.